The van der Waals surface area contributed by atoms with Crippen molar-refractivity contribution < 1.29 is 28.6 Å². The number of piperazine rings is 1. The lowest BCUT2D eigenvalue weighted by molar-refractivity contribution is 0.0462. The van der Waals surface area contributed by atoms with Gasteiger partial charge < -0.3 is 24.1 Å². The van der Waals surface area contributed by atoms with Crippen molar-refractivity contribution in [1.82, 2.24) is 19.8 Å². The first-order valence-electron chi connectivity index (χ1n) is 11.5. The van der Waals surface area contributed by atoms with E-state index in [9.17, 15) is 19.2 Å². The third-order valence-corrected chi connectivity index (χ3v) is 5.82. The van der Waals surface area contributed by atoms with Gasteiger partial charge >= 0.3 is 18.0 Å². The number of nitrogens with one attached hydrogen (secondary N) is 1. The summed E-state index contributed by atoms with van der Waals surface area (Å²) < 4.78 is 15.5. The Hall–Kier alpha value is -4.51. The first-order chi connectivity index (χ1) is 17.9. The van der Waals surface area contributed by atoms with Gasteiger partial charge in [-0.2, -0.15) is 0 Å². The van der Waals surface area contributed by atoms with Crippen molar-refractivity contribution in [2.75, 3.05) is 33.8 Å². The maximum absolute atomic E-state index is 13.0. The number of amides is 1. The quantitative estimate of drug-likeness (QED) is 0.501. The summed E-state index contributed by atoms with van der Waals surface area (Å²) in [5, 5.41) is 0. The standard InChI is InChI=1S/C26H26N4O7/c1-29-13-14-30(26(34)36-16-17-9-5-3-6-10-17)19(15-29)22-27-20(25(33)35-2)21(23(31)28-22)37-24(32)18-11-7-4-8-12-18/h3-12,19H,13-16H2,1-2H3,(H,27,28,31). The van der Waals surface area contributed by atoms with Crippen LogP contribution in [0.3, 0.4) is 0 Å². The van der Waals surface area contributed by atoms with Gasteiger partial charge in [-0.3, -0.25) is 9.69 Å². The first kappa shape index (κ1) is 25.6. The number of rotatable bonds is 6. The average Bonchev–Trinajstić information content (AvgIpc) is 2.93. The van der Waals surface area contributed by atoms with Gasteiger partial charge in [-0.15, -0.1) is 0 Å². The Morgan fingerprint density at radius 1 is 1.00 bits per heavy atom. The Kier molecular flexibility index (Phi) is 7.94. The normalized spacial score (nSPS) is 15.6. The molecule has 0 radical (unpaired) electrons. The summed E-state index contributed by atoms with van der Waals surface area (Å²) in [4.78, 5) is 61.4. The number of carbonyl (C=O) groups excluding carboxylic acids is 3. The van der Waals surface area contributed by atoms with Gasteiger partial charge in [0.1, 0.15) is 18.5 Å². The number of likely N-dealkylation sites (N-methyl/N-ethyl adjacent to an activating group) is 1. The molecule has 2 aromatic carbocycles. The summed E-state index contributed by atoms with van der Waals surface area (Å²) in [6.45, 7) is 1.26. The molecule has 0 aliphatic carbocycles. The predicted molar refractivity (Wildman–Crippen MR) is 131 cm³/mol. The third-order valence-electron chi connectivity index (χ3n) is 5.82. The molecule has 2 heterocycles. The van der Waals surface area contributed by atoms with E-state index in [1.54, 1.807) is 18.2 Å². The maximum atomic E-state index is 13.0. The number of ether oxygens (including phenoxy) is 3. The number of esters is 2. The van der Waals surface area contributed by atoms with Gasteiger partial charge in [-0.1, -0.05) is 48.5 Å². The van der Waals surface area contributed by atoms with Gasteiger partial charge in [-0.05, 0) is 24.7 Å². The molecule has 1 aromatic heterocycles. The Morgan fingerprint density at radius 3 is 2.35 bits per heavy atom. The fraction of sp³-hybridized carbons (Fsp3) is 0.269. The lowest BCUT2D eigenvalue weighted by atomic mass is 10.1. The monoisotopic (exact) mass is 506 g/mol. The van der Waals surface area contributed by atoms with Gasteiger partial charge in [0.05, 0.1) is 12.7 Å². The van der Waals surface area contributed by atoms with E-state index in [1.807, 2.05) is 42.3 Å². The van der Waals surface area contributed by atoms with Gasteiger partial charge in [0.15, 0.2) is 5.69 Å². The third kappa shape index (κ3) is 6.01. The van der Waals surface area contributed by atoms with Crippen molar-refractivity contribution >= 4 is 18.0 Å². The number of hydrogen-bond donors (Lipinski definition) is 1. The first-order valence-corrected chi connectivity index (χ1v) is 11.5. The second-order valence-electron chi connectivity index (χ2n) is 8.39. The van der Waals surface area contributed by atoms with Crippen LogP contribution >= 0.6 is 0 Å². The molecule has 1 atom stereocenters. The average molecular weight is 507 g/mol. The molecule has 11 nitrogen and oxygen atoms in total. The molecule has 4 rings (SSSR count). The van der Waals surface area contributed by atoms with E-state index >= 15 is 0 Å². The molecule has 1 fully saturated rings. The van der Waals surface area contributed by atoms with E-state index in [4.69, 9.17) is 14.2 Å². The van der Waals surface area contributed by atoms with Crippen molar-refractivity contribution in [3.05, 3.63) is 93.7 Å². The number of benzene rings is 2. The van der Waals surface area contributed by atoms with E-state index in [2.05, 4.69) is 9.97 Å². The number of methoxy groups -OCH3 is 1. The topological polar surface area (TPSA) is 131 Å². The van der Waals surface area contributed by atoms with Crippen LogP contribution in [0.1, 0.15) is 38.3 Å². The highest BCUT2D eigenvalue weighted by molar-refractivity contribution is 5.94. The van der Waals surface area contributed by atoms with Crippen LogP contribution in [0, 0.1) is 0 Å². The Bertz CT molecular complexity index is 1330. The highest BCUT2D eigenvalue weighted by Crippen LogP contribution is 2.25. The van der Waals surface area contributed by atoms with Gasteiger partial charge in [0.2, 0.25) is 5.75 Å². The van der Waals surface area contributed by atoms with Crippen LogP contribution in [0.5, 0.6) is 5.75 Å². The summed E-state index contributed by atoms with van der Waals surface area (Å²) in [5.74, 6) is -2.36. The summed E-state index contributed by atoms with van der Waals surface area (Å²) in [6.07, 6.45) is -0.594. The Balaban J connectivity index is 1.63. The number of carbonyl (C=O) groups is 3. The molecule has 1 aliphatic heterocycles. The zero-order valence-corrected chi connectivity index (χ0v) is 20.4. The van der Waals surface area contributed by atoms with E-state index < -0.39 is 41.1 Å². The minimum atomic E-state index is -0.967. The van der Waals surface area contributed by atoms with Gasteiger partial charge in [0, 0.05) is 19.6 Å². The highest BCUT2D eigenvalue weighted by atomic mass is 16.6. The van der Waals surface area contributed by atoms with Crippen LogP contribution < -0.4 is 10.3 Å². The van der Waals surface area contributed by atoms with Crippen molar-refractivity contribution in [3.8, 4) is 5.75 Å². The zero-order chi connectivity index (χ0) is 26.4. The number of nitrogens with zero attached hydrogens (tertiary/aromatic N) is 3. The van der Waals surface area contributed by atoms with Crippen LogP contribution in [-0.2, 0) is 16.1 Å². The van der Waals surface area contributed by atoms with Gasteiger partial charge in [-0.25, -0.2) is 19.4 Å². The van der Waals surface area contributed by atoms with Crippen LogP contribution in [0.2, 0.25) is 0 Å². The SMILES string of the molecule is COC(=O)c1nc(C2CN(C)CCN2C(=O)OCc2ccccc2)[nH]c(=O)c1OC(=O)c1ccccc1. The summed E-state index contributed by atoms with van der Waals surface area (Å²) >= 11 is 0. The summed E-state index contributed by atoms with van der Waals surface area (Å²) in [5.41, 5.74) is -0.328. The smallest absolute Gasteiger partial charge is 0.410 e. The van der Waals surface area contributed by atoms with Crippen LogP contribution in [0.15, 0.2) is 65.5 Å². The van der Waals surface area contributed by atoms with Crippen molar-refractivity contribution in [3.63, 3.8) is 0 Å². The molecule has 0 saturated carbocycles. The Labute approximate surface area is 212 Å². The molecule has 0 spiro atoms. The molecule has 11 heteroatoms. The summed E-state index contributed by atoms with van der Waals surface area (Å²) in [6, 6.07) is 16.5. The lowest BCUT2D eigenvalue weighted by Crippen LogP contribution is -2.50. The molecule has 1 unspecified atom stereocenters. The Morgan fingerprint density at radius 2 is 1.68 bits per heavy atom. The predicted octanol–water partition coefficient (Wildman–Crippen LogP) is 2.40. The van der Waals surface area contributed by atoms with Gasteiger partial charge in [0.25, 0.3) is 5.56 Å². The zero-order valence-electron chi connectivity index (χ0n) is 20.4. The largest absolute Gasteiger partial charge is 0.464 e. The van der Waals surface area contributed by atoms with E-state index in [0.29, 0.717) is 19.6 Å². The molecule has 3 aromatic rings. The van der Waals surface area contributed by atoms with Crippen molar-refractivity contribution in [2.45, 2.75) is 12.6 Å². The maximum Gasteiger partial charge on any atom is 0.410 e. The van der Waals surface area contributed by atoms with E-state index in [0.717, 1.165) is 12.7 Å². The minimum Gasteiger partial charge on any atom is -0.464 e. The molecule has 1 amide bonds. The highest BCUT2D eigenvalue weighted by Gasteiger charge is 2.35. The number of hydrogen-bond acceptors (Lipinski definition) is 9. The molecule has 37 heavy (non-hydrogen) atoms. The van der Waals surface area contributed by atoms with Crippen LogP contribution in [-0.4, -0.2) is 71.6 Å². The minimum absolute atomic E-state index is 0.0353. The molecule has 192 valence electrons. The molecule has 1 N–H and O–H groups in total. The second-order valence-corrected chi connectivity index (χ2v) is 8.39. The molecule has 1 aliphatic rings. The molecule has 0 bridgehead atoms. The number of aromatic nitrogens is 2. The fourth-order valence-electron chi connectivity index (χ4n) is 3.87. The number of H-pyrrole nitrogens is 1. The van der Waals surface area contributed by atoms with E-state index in [-0.39, 0.29) is 18.0 Å². The molecular weight excluding hydrogens is 480 g/mol. The summed E-state index contributed by atoms with van der Waals surface area (Å²) in [7, 11) is 2.98. The second kappa shape index (κ2) is 11.5. The number of aromatic amines is 1. The lowest BCUT2D eigenvalue weighted by Gasteiger charge is -2.38. The van der Waals surface area contributed by atoms with E-state index in [1.165, 1.54) is 17.0 Å². The van der Waals surface area contributed by atoms with Crippen LogP contribution in [0.4, 0.5) is 4.79 Å². The molecule has 1 saturated heterocycles. The van der Waals surface area contributed by atoms with Crippen molar-refractivity contribution in [1.29, 1.82) is 0 Å². The van der Waals surface area contributed by atoms with Crippen LogP contribution in [0.25, 0.3) is 0 Å². The molecular formula is C26H26N4O7. The van der Waals surface area contributed by atoms with Crippen molar-refractivity contribution in [2.24, 2.45) is 0 Å². The fourth-order valence-corrected chi connectivity index (χ4v) is 3.87.